The Morgan fingerprint density at radius 3 is 2.52 bits per heavy atom. The maximum Gasteiger partial charge on any atom is 0.242 e. The molecule has 1 aliphatic heterocycles. The molecule has 5 aliphatic carbocycles. The van der Waals surface area contributed by atoms with Crippen molar-refractivity contribution in [2.75, 3.05) is 7.11 Å². The molecule has 5 heteroatoms. The van der Waals surface area contributed by atoms with E-state index in [0.29, 0.717) is 6.10 Å². The van der Waals surface area contributed by atoms with E-state index < -0.39 is 0 Å². The van der Waals surface area contributed by atoms with Gasteiger partial charge in [-0.25, -0.2) is 0 Å². The quantitative estimate of drug-likeness (QED) is 0.844. The Bertz CT molecular complexity index is 553. The van der Waals surface area contributed by atoms with E-state index in [-0.39, 0.29) is 16.2 Å². The predicted molar refractivity (Wildman–Crippen MR) is 91.5 cm³/mol. The normalized spacial score (nSPS) is 52.7. The second-order valence-electron chi connectivity index (χ2n) is 8.55. The van der Waals surface area contributed by atoms with E-state index in [4.69, 9.17) is 9.73 Å². The summed E-state index contributed by atoms with van der Waals surface area (Å²) < 4.78 is 5.20. The third-order valence-corrected chi connectivity index (χ3v) is 8.64. The lowest BCUT2D eigenvalue weighted by molar-refractivity contribution is -0.123. The summed E-state index contributed by atoms with van der Waals surface area (Å²) in [6.07, 6.45) is 10.9. The monoisotopic (exact) mass is 334 g/mol. The first kappa shape index (κ1) is 14.8. The first-order valence-electron chi connectivity index (χ1n) is 9.24. The summed E-state index contributed by atoms with van der Waals surface area (Å²) in [7, 11) is 1.78. The average molecular weight is 334 g/mol. The molecular weight excluding hydrogens is 308 g/mol. The lowest BCUT2D eigenvalue weighted by atomic mass is 9.81. The number of amides is 1. The molecule has 6 rings (SSSR count). The Balaban J connectivity index is 1.37. The van der Waals surface area contributed by atoms with Gasteiger partial charge in [0.1, 0.15) is 4.75 Å². The molecule has 126 valence electrons. The SMILES string of the molecule is COC1CCC2(CC1)SC(=NC13CC4CC(CC1C4)C3)NC2=O. The molecule has 1 heterocycles. The van der Waals surface area contributed by atoms with E-state index >= 15 is 0 Å². The highest BCUT2D eigenvalue weighted by Gasteiger charge is 2.59. The number of rotatable bonds is 2. The first-order chi connectivity index (χ1) is 11.1. The van der Waals surface area contributed by atoms with Crippen LogP contribution in [0.3, 0.4) is 0 Å². The minimum absolute atomic E-state index is 0.179. The van der Waals surface area contributed by atoms with Crippen molar-refractivity contribution in [1.82, 2.24) is 5.32 Å². The van der Waals surface area contributed by atoms with Gasteiger partial charge < -0.3 is 10.1 Å². The summed E-state index contributed by atoms with van der Waals surface area (Å²) in [5.41, 5.74) is 0.179. The van der Waals surface area contributed by atoms with Gasteiger partial charge in [-0.15, -0.1) is 0 Å². The van der Waals surface area contributed by atoms with Crippen LogP contribution in [-0.4, -0.2) is 34.6 Å². The Kier molecular flexibility index (Phi) is 3.20. The number of carbonyl (C=O) groups is 1. The van der Waals surface area contributed by atoms with Gasteiger partial charge in [0, 0.05) is 7.11 Å². The number of methoxy groups -OCH3 is 1. The van der Waals surface area contributed by atoms with Crippen LogP contribution in [0.15, 0.2) is 4.99 Å². The summed E-state index contributed by atoms with van der Waals surface area (Å²) >= 11 is 1.73. The minimum Gasteiger partial charge on any atom is -0.381 e. The van der Waals surface area contributed by atoms with Crippen LogP contribution in [0.2, 0.25) is 0 Å². The van der Waals surface area contributed by atoms with Crippen molar-refractivity contribution in [3.05, 3.63) is 0 Å². The number of carbonyl (C=O) groups excluding carboxylic acids is 1. The Morgan fingerprint density at radius 1 is 1.17 bits per heavy atom. The standard InChI is InChI=1S/C18H26N2O2S/c1-22-14-2-4-18(5-3-14)15(21)19-16(23-18)20-17-9-11-6-12(10-17)8-13(17)7-11/h11-14H,2-10H2,1H3,(H,19,20,21). The smallest absolute Gasteiger partial charge is 0.242 e. The van der Waals surface area contributed by atoms with Gasteiger partial charge in [-0.1, -0.05) is 11.8 Å². The molecule has 1 N–H and O–H groups in total. The second kappa shape index (κ2) is 4.98. The van der Waals surface area contributed by atoms with Crippen LogP contribution in [0.25, 0.3) is 0 Å². The van der Waals surface area contributed by atoms with Gasteiger partial charge in [-0.2, -0.15) is 0 Å². The third kappa shape index (κ3) is 2.15. The number of thioether (sulfide) groups is 1. The molecule has 6 fully saturated rings. The van der Waals surface area contributed by atoms with Crippen LogP contribution < -0.4 is 5.32 Å². The molecule has 0 radical (unpaired) electrons. The fourth-order valence-corrected chi connectivity index (χ4v) is 7.60. The van der Waals surface area contributed by atoms with Crippen molar-refractivity contribution in [2.24, 2.45) is 22.7 Å². The fraction of sp³-hybridized carbons (Fsp3) is 0.889. The average Bonchev–Trinajstić information content (AvgIpc) is 3.04. The lowest BCUT2D eigenvalue weighted by Crippen LogP contribution is -2.41. The summed E-state index contributed by atoms with van der Waals surface area (Å²) in [5, 5.41) is 4.07. The molecule has 0 aromatic rings. The molecule has 1 saturated heterocycles. The Morgan fingerprint density at radius 2 is 1.87 bits per heavy atom. The van der Waals surface area contributed by atoms with E-state index in [1.807, 2.05) is 0 Å². The van der Waals surface area contributed by atoms with Gasteiger partial charge in [0.15, 0.2) is 5.17 Å². The molecule has 1 spiro atoms. The molecule has 0 aromatic heterocycles. The zero-order valence-corrected chi connectivity index (χ0v) is 14.7. The van der Waals surface area contributed by atoms with Gasteiger partial charge in [0.05, 0.1) is 11.6 Å². The predicted octanol–water partition coefficient (Wildman–Crippen LogP) is 3.11. The van der Waals surface area contributed by atoms with Crippen molar-refractivity contribution in [2.45, 2.75) is 74.2 Å². The fourth-order valence-electron chi connectivity index (χ4n) is 6.28. The van der Waals surface area contributed by atoms with E-state index in [2.05, 4.69) is 5.32 Å². The number of ether oxygens (including phenoxy) is 1. The number of hydrogen-bond donors (Lipinski definition) is 1. The van der Waals surface area contributed by atoms with E-state index in [9.17, 15) is 4.79 Å². The number of nitrogens with one attached hydrogen (secondary N) is 1. The number of nitrogens with zero attached hydrogens (tertiary/aromatic N) is 1. The zero-order chi connectivity index (χ0) is 15.7. The lowest BCUT2D eigenvalue weighted by Gasteiger charge is -2.33. The Labute approximate surface area is 142 Å². The molecule has 2 atom stereocenters. The van der Waals surface area contributed by atoms with E-state index in [1.165, 1.54) is 32.1 Å². The minimum atomic E-state index is -0.264. The molecule has 0 aromatic carbocycles. The highest BCUT2D eigenvalue weighted by molar-refractivity contribution is 8.16. The van der Waals surface area contributed by atoms with Crippen molar-refractivity contribution >= 4 is 22.8 Å². The Hall–Kier alpha value is -0.550. The van der Waals surface area contributed by atoms with Crippen LogP contribution >= 0.6 is 11.8 Å². The third-order valence-electron chi connectivity index (χ3n) is 7.27. The van der Waals surface area contributed by atoms with Crippen molar-refractivity contribution in [3.8, 4) is 0 Å². The van der Waals surface area contributed by atoms with E-state index in [1.54, 1.807) is 18.9 Å². The van der Waals surface area contributed by atoms with Crippen molar-refractivity contribution < 1.29 is 9.53 Å². The van der Waals surface area contributed by atoms with E-state index in [0.717, 1.165) is 48.6 Å². The van der Waals surface area contributed by atoms with Crippen molar-refractivity contribution in [1.29, 1.82) is 0 Å². The number of hydrogen-bond acceptors (Lipinski definition) is 4. The van der Waals surface area contributed by atoms with Gasteiger partial charge in [0.25, 0.3) is 0 Å². The van der Waals surface area contributed by atoms with Crippen LogP contribution in [0.4, 0.5) is 0 Å². The van der Waals surface area contributed by atoms with Crippen molar-refractivity contribution in [3.63, 3.8) is 0 Å². The molecular formula is C18H26N2O2S. The molecule has 23 heavy (non-hydrogen) atoms. The largest absolute Gasteiger partial charge is 0.381 e. The summed E-state index contributed by atoms with van der Waals surface area (Å²) in [5.74, 6) is 2.80. The maximum absolute atomic E-state index is 12.6. The molecule has 2 unspecified atom stereocenters. The van der Waals surface area contributed by atoms with Gasteiger partial charge in [-0.05, 0) is 75.5 Å². The molecule has 1 amide bonds. The second-order valence-corrected chi connectivity index (χ2v) is 9.92. The number of amidine groups is 1. The molecule has 4 bridgehead atoms. The zero-order valence-electron chi connectivity index (χ0n) is 13.8. The first-order valence-corrected chi connectivity index (χ1v) is 10.1. The summed E-state index contributed by atoms with van der Waals surface area (Å²) in [6, 6.07) is 0. The molecule has 4 nitrogen and oxygen atoms in total. The van der Waals surface area contributed by atoms with Crippen LogP contribution in [0.1, 0.15) is 57.8 Å². The van der Waals surface area contributed by atoms with Crippen LogP contribution in [-0.2, 0) is 9.53 Å². The highest BCUT2D eigenvalue weighted by Crippen LogP contribution is 2.62. The topological polar surface area (TPSA) is 50.7 Å². The van der Waals surface area contributed by atoms with Crippen LogP contribution in [0.5, 0.6) is 0 Å². The highest BCUT2D eigenvalue weighted by atomic mass is 32.2. The molecule has 6 aliphatic rings. The van der Waals surface area contributed by atoms with Gasteiger partial charge in [0.2, 0.25) is 5.91 Å². The van der Waals surface area contributed by atoms with Crippen LogP contribution in [0, 0.1) is 17.8 Å². The summed E-state index contributed by atoms with van der Waals surface area (Å²) in [4.78, 5) is 17.8. The summed E-state index contributed by atoms with van der Waals surface area (Å²) in [6.45, 7) is 0. The van der Waals surface area contributed by atoms with Gasteiger partial charge >= 0.3 is 0 Å². The maximum atomic E-state index is 12.6. The molecule has 5 saturated carbocycles. The number of aliphatic imine (C=N–C) groups is 1. The van der Waals surface area contributed by atoms with Gasteiger partial charge in [-0.3, -0.25) is 9.79 Å².